The van der Waals surface area contributed by atoms with Crippen LogP contribution in [0.2, 0.25) is 0 Å². The number of nitrogens with zero attached hydrogens (tertiary/aromatic N) is 3. The zero-order valence-electron chi connectivity index (χ0n) is 19.6. The van der Waals surface area contributed by atoms with E-state index in [9.17, 15) is 4.79 Å². The van der Waals surface area contributed by atoms with Crippen LogP contribution in [0.4, 0.5) is 0 Å². The van der Waals surface area contributed by atoms with E-state index in [1.54, 1.807) is 44.9 Å². The summed E-state index contributed by atoms with van der Waals surface area (Å²) in [4.78, 5) is 22.9. The number of para-hydroxylation sites is 1. The quantitative estimate of drug-likeness (QED) is 0.521. The second-order valence-corrected chi connectivity index (χ2v) is 8.17. The molecule has 3 heterocycles. The predicted octanol–water partition coefficient (Wildman–Crippen LogP) is 3.47. The van der Waals surface area contributed by atoms with E-state index in [0.717, 1.165) is 55.1 Å². The molecule has 0 radical (unpaired) electrons. The highest BCUT2D eigenvalue weighted by molar-refractivity contribution is 5.93. The zero-order valence-corrected chi connectivity index (χ0v) is 19.6. The predicted molar refractivity (Wildman–Crippen MR) is 128 cm³/mol. The molecule has 0 bridgehead atoms. The maximum atomic E-state index is 12.2. The summed E-state index contributed by atoms with van der Waals surface area (Å²) >= 11 is 0. The standard InChI is InChI=1S/C26H30N4O4/c1-32-23-5-3-4-21(25(23)33-2)18-30-14-10-22(11-15-30)34-24-7-6-19(16-28-24)17-29-26(31)20-8-12-27-13-9-20/h3-9,12-13,16,22H,10-11,14-15,17-18H2,1-2H3,(H,29,31). The minimum absolute atomic E-state index is 0.133. The van der Waals surface area contributed by atoms with Gasteiger partial charge >= 0.3 is 0 Å². The molecular weight excluding hydrogens is 432 g/mol. The van der Waals surface area contributed by atoms with Gasteiger partial charge in [-0.1, -0.05) is 18.2 Å². The average molecular weight is 463 g/mol. The average Bonchev–Trinajstić information content (AvgIpc) is 2.89. The van der Waals surface area contributed by atoms with Crippen LogP contribution < -0.4 is 19.5 Å². The zero-order chi connectivity index (χ0) is 23.8. The highest BCUT2D eigenvalue weighted by Gasteiger charge is 2.22. The summed E-state index contributed by atoms with van der Waals surface area (Å²) in [7, 11) is 3.33. The van der Waals surface area contributed by atoms with E-state index in [1.165, 1.54) is 0 Å². The van der Waals surface area contributed by atoms with Crippen molar-refractivity contribution in [2.45, 2.75) is 32.0 Å². The van der Waals surface area contributed by atoms with E-state index >= 15 is 0 Å². The number of carbonyl (C=O) groups is 1. The van der Waals surface area contributed by atoms with Crippen LogP contribution in [-0.4, -0.2) is 54.2 Å². The van der Waals surface area contributed by atoms with E-state index in [2.05, 4.69) is 26.3 Å². The van der Waals surface area contributed by atoms with Crippen LogP contribution in [-0.2, 0) is 13.1 Å². The Morgan fingerprint density at radius 3 is 2.53 bits per heavy atom. The lowest BCUT2D eigenvalue weighted by molar-refractivity contribution is 0.0927. The SMILES string of the molecule is COc1cccc(CN2CCC(Oc3ccc(CNC(=O)c4ccncc4)cn3)CC2)c1OC. The summed E-state index contributed by atoms with van der Waals surface area (Å²) in [5.41, 5.74) is 2.62. The second kappa shape index (κ2) is 11.5. The summed E-state index contributed by atoms with van der Waals surface area (Å²) in [6.07, 6.45) is 6.93. The Morgan fingerprint density at radius 1 is 1.06 bits per heavy atom. The molecule has 4 rings (SSSR count). The minimum Gasteiger partial charge on any atom is -0.493 e. The van der Waals surface area contributed by atoms with Crippen LogP contribution in [0.3, 0.4) is 0 Å². The number of rotatable bonds is 9. The van der Waals surface area contributed by atoms with Gasteiger partial charge in [-0.25, -0.2) is 4.98 Å². The molecule has 8 heteroatoms. The Balaban J connectivity index is 1.23. The molecule has 0 aliphatic carbocycles. The van der Waals surface area contributed by atoms with E-state index in [1.807, 2.05) is 24.3 Å². The van der Waals surface area contributed by atoms with Crippen LogP contribution in [0.25, 0.3) is 0 Å². The number of benzene rings is 1. The Hall–Kier alpha value is -3.65. The maximum Gasteiger partial charge on any atom is 0.251 e. The monoisotopic (exact) mass is 462 g/mol. The fourth-order valence-electron chi connectivity index (χ4n) is 4.05. The lowest BCUT2D eigenvalue weighted by Gasteiger charge is -2.32. The van der Waals surface area contributed by atoms with Crippen molar-refractivity contribution in [1.82, 2.24) is 20.2 Å². The first-order valence-electron chi connectivity index (χ1n) is 11.4. The number of hydrogen-bond acceptors (Lipinski definition) is 7. The molecule has 1 fully saturated rings. The van der Waals surface area contributed by atoms with Gasteiger partial charge in [0.1, 0.15) is 6.10 Å². The summed E-state index contributed by atoms with van der Waals surface area (Å²) in [5.74, 6) is 2.02. The van der Waals surface area contributed by atoms with Crippen LogP contribution >= 0.6 is 0 Å². The van der Waals surface area contributed by atoms with Crippen LogP contribution in [0.15, 0.2) is 61.1 Å². The molecule has 1 aliphatic heterocycles. The van der Waals surface area contributed by atoms with Crippen LogP contribution in [0, 0.1) is 0 Å². The van der Waals surface area contributed by atoms with Gasteiger partial charge in [0.25, 0.3) is 5.91 Å². The summed E-state index contributed by atoms with van der Waals surface area (Å²) in [6.45, 7) is 3.08. The number of piperidine rings is 1. The maximum absolute atomic E-state index is 12.2. The van der Waals surface area contributed by atoms with Gasteiger partial charge in [-0.05, 0) is 36.6 Å². The van der Waals surface area contributed by atoms with Crippen molar-refractivity contribution in [2.75, 3.05) is 27.3 Å². The molecule has 2 aromatic heterocycles. The van der Waals surface area contributed by atoms with E-state index < -0.39 is 0 Å². The number of methoxy groups -OCH3 is 2. The molecule has 0 saturated carbocycles. The molecule has 8 nitrogen and oxygen atoms in total. The smallest absolute Gasteiger partial charge is 0.251 e. The van der Waals surface area contributed by atoms with Crippen molar-refractivity contribution < 1.29 is 19.0 Å². The van der Waals surface area contributed by atoms with Crippen molar-refractivity contribution in [2.24, 2.45) is 0 Å². The summed E-state index contributed by atoms with van der Waals surface area (Å²) in [6, 6.07) is 13.1. The first kappa shape index (κ1) is 23.5. The second-order valence-electron chi connectivity index (χ2n) is 8.17. The number of likely N-dealkylation sites (tertiary alicyclic amines) is 1. The Labute approximate surface area is 199 Å². The fraction of sp³-hybridized carbons (Fsp3) is 0.346. The number of nitrogens with one attached hydrogen (secondary N) is 1. The highest BCUT2D eigenvalue weighted by atomic mass is 16.5. The molecule has 1 N–H and O–H groups in total. The normalized spacial score (nSPS) is 14.4. The molecule has 3 aromatic rings. The van der Waals surface area contributed by atoms with Crippen LogP contribution in [0.5, 0.6) is 17.4 Å². The van der Waals surface area contributed by atoms with Crippen molar-refractivity contribution in [1.29, 1.82) is 0 Å². The lowest BCUT2D eigenvalue weighted by atomic mass is 10.1. The van der Waals surface area contributed by atoms with E-state index in [-0.39, 0.29) is 12.0 Å². The number of pyridine rings is 2. The van der Waals surface area contributed by atoms with E-state index in [0.29, 0.717) is 18.0 Å². The Bertz CT molecular complexity index is 1070. The van der Waals surface area contributed by atoms with Crippen LogP contribution in [0.1, 0.15) is 34.3 Å². The molecule has 178 valence electrons. The third kappa shape index (κ3) is 6.02. The van der Waals surface area contributed by atoms with Crippen molar-refractivity contribution in [3.63, 3.8) is 0 Å². The summed E-state index contributed by atoms with van der Waals surface area (Å²) in [5, 5.41) is 2.89. The molecule has 1 aromatic carbocycles. The number of hydrogen-bond donors (Lipinski definition) is 1. The summed E-state index contributed by atoms with van der Waals surface area (Å²) < 4.78 is 17.1. The minimum atomic E-state index is -0.138. The first-order chi connectivity index (χ1) is 16.7. The highest BCUT2D eigenvalue weighted by Crippen LogP contribution is 2.32. The molecule has 0 spiro atoms. The number of aromatic nitrogens is 2. The van der Waals surface area contributed by atoms with Gasteiger partial charge in [-0.3, -0.25) is 14.7 Å². The molecule has 34 heavy (non-hydrogen) atoms. The van der Waals surface area contributed by atoms with Crippen molar-refractivity contribution >= 4 is 5.91 Å². The molecule has 0 unspecified atom stereocenters. The first-order valence-corrected chi connectivity index (χ1v) is 11.4. The largest absolute Gasteiger partial charge is 0.493 e. The Morgan fingerprint density at radius 2 is 1.85 bits per heavy atom. The topological polar surface area (TPSA) is 85.8 Å². The number of carbonyl (C=O) groups excluding carboxylic acids is 1. The molecule has 1 saturated heterocycles. The third-order valence-electron chi connectivity index (χ3n) is 5.89. The van der Waals surface area contributed by atoms with Gasteiger partial charge in [-0.2, -0.15) is 0 Å². The lowest BCUT2D eigenvalue weighted by Crippen LogP contribution is -2.38. The number of amides is 1. The van der Waals surface area contributed by atoms with Crippen molar-refractivity contribution in [3.8, 4) is 17.4 Å². The molecular formula is C26H30N4O4. The number of ether oxygens (including phenoxy) is 3. The van der Waals surface area contributed by atoms with Gasteiger partial charge in [0, 0.05) is 62.0 Å². The third-order valence-corrected chi connectivity index (χ3v) is 5.89. The van der Waals surface area contributed by atoms with Gasteiger partial charge < -0.3 is 19.5 Å². The van der Waals surface area contributed by atoms with Gasteiger partial charge in [-0.15, -0.1) is 0 Å². The Kier molecular flexibility index (Phi) is 7.93. The fourth-order valence-corrected chi connectivity index (χ4v) is 4.05. The molecule has 0 atom stereocenters. The van der Waals surface area contributed by atoms with Gasteiger partial charge in [0.15, 0.2) is 11.5 Å². The molecule has 1 amide bonds. The molecule has 1 aliphatic rings. The van der Waals surface area contributed by atoms with E-state index in [4.69, 9.17) is 14.2 Å². The van der Waals surface area contributed by atoms with Crippen molar-refractivity contribution in [3.05, 3.63) is 77.7 Å². The van der Waals surface area contributed by atoms with Gasteiger partial charge in [0.2, 0.25) is 5.88 Å². The van der Waals surface area contributed by atoms with Gasteiger partial charge in [0.05, 0.1) is 14.2 Å².